The molecule has 1 amide bonds. The SMILES string of the molecule is COC(=O)[C@@H](CO)NC(=O)/C=C/c1c(C)nn(Cc2cccc(OC)c2)c1Cl. The summed E-state index contributed by atoms with van der Waals surface area (Å²) in [6, 6.07) is 6.41. The third kappa shape index (κ3) is 5.34. The second kappa shape index (κ2) is 9.91. The molecule has 28 heavy (non-hydrogen) atoms. The predicted octanol–water partition coefficient (Wildman–Crippen LogP) is 1.57. The molecule has 1 atom stereocenters. The zero-order valence-electron chi connectivity index (χ0n) is 15.8. The van der Waals surface area contributed by atoms with Gasteiger partial charge in [-0.15, -0.1) is 0 Å². The molecule has 0 saturated carbocycles. The lowest BCUT2D eigenvalue weighted by Gasteiger charge is -2.11. The molecule has 0 radical (unpaired) electrons. The van der Waals surface area contributed by atoms with E-state index in [-0.39, 0.29) is 0 Å². The van der Waals surface area contributed by atoms with Gasteiger partial charge in [-0.3, -0.25) is 4.79 Å². The fourth-order valence-corrected chi connectivity index (χ4v) is 2.80. The van der Waals surface area contributed by atoms with Crippen LogP contribution in [0.15, 0.2) is 30.3 Å². The molecule has 0 spiro atoms. The van der Waals surface area contributed by atoms with Gasteiger partial charge < -0.3 is 19.9 Å². The summed E-state index contributed by atoms with van der Waals surface area (Å²) in [5.41, 5.74) is 2.18. The summed E-state index contributed by atoms with van der Waals surface area (Å²) in [6.45, 7) is 1.65. The van der Waals surface area contributed by atoms with E-state index in [2.05, 4.69) is 15.2 Å². The molecule has 9 heteroatoms. The molecule has 1 aromatic carbocycles. The van der Waals surface area contributed by atoms with Gasteiger partial charge in [0.2, 0.25) is 5.91 Å². The van der Waals surface area contributed by atoms with E-state index < -0.39 is 24.5 Å². The van der Waals surface area contributed by atoms with Crippen LogP contribution in [-0.4, -0.2) is 53.6 Å². The maximum Gasteiger partial charge on any atom is 0.330 e. The molecule has 0 aliphatic heterocycles. The van der Waals surface area contributed by atoms with Gasteiger partial charge in [0, 0.05) is 11.6 Å². The smallest absolute Gasteiger partial charge is 0.330 e. The lowest BCUT2D eigenvalue weighted by atomic mass is 10.2. The Balaban J connectivity index is 2.13. The van der Waals surface area contributed by atoms with Gasteiger partial charge in [-0.2, -0.15) is 5.10 Å². The molecule has 2 rings (SSSR count). The lowest BCUT2D eigenvalue weighted by molar-refractivity contribution is -0.145. The third-order valence-corrected chi connectivity index (χ3v) is 4.36. The number of nitrogens with zero attached hydrogens (tertiary/aromatic N) is 2. The van der Waals surface area contributed by atoms with E-state index in [4.69, 9.17) is 21.4 Å². The molecule has 1 aromatic heterocycles. The van der Waals surface area contributed by atoms with Gasteiger partial charge in [0.05, 0.1) is 33.1 Å². The Labute approximate surface area is 167 Å². The van der Waals surface area contributed by atoms with Crippen molar-refractivity contribution in [3.63, 3.8) is 0 Å². The average molecular weight is 408 g/mol. The van der Waals surface area contributed by atoms with Crippen molar-refractivity contribution in [2.75, 3.05) is 20.8 Å². The van der Waals surface area contributed by atoms with E-state index in [0.717, 1.165) is 11.3 Å². The number of aliphatic hydroxyl groups is 1. The van der Waals surface area contributed by atoms with Gasteiger partial charge in [-0.25, -0.2) is 9.48 Å². The minimum absolute atomic E-state index is 0.371. The van der Waals surface area contributed by atoms with E-state index in [1.165, 1.54) is 19.3 Å². The van der Waals surface area contributed by atoms with Gasteiger partial charge in [0.1, 0.15) is 10.9 Å². The van der Waals surface area contributed by atoms with Crippen LogP contribution in [0.2, 0.25) is 5.15 Å². The Morgan fingerprint density at radius 3 is 2.79 bits per heavy atom. The van der Waals surface area contributed by atoms with Crippen molar-refractivity contribution in [1.29, 1.82) is 0 Å². The lowest BCUT2D eigenvalue weighted by Crippen LogP contribution is -2.43. The summed E-state index contributed by atoms with van der Waals surface area (Å²) in [7, 11) is 2.77. The molecule has 0 aliphatic carbocycles. The largest absolute Gasteiger partial charge is 0.497 e. The normalized spacial score (nSPS) is 12.0. The van der Waals surface area contributed by atoms with Crippen LogP contribution in [0.1, 0.15) is 16.8 Å². The fraction of sp³-hybridized carbons (Fsp3) is 0.316. The van der Waals surface area contributed by atoms with E-state index >= 15 is 0 Å². The Bertz CT molecular complexity index is 878. The van der Waals surface area contributed by atoms with E-state index in [9.17, 15) is 9.59 Å². The molecular weight excluding hydrogens is 386 g/mol. The molecule has 0 bridgehead atoms. The number of esters is 1. The summed E-state index contributed by atoms with van der Waals surface area (Å²) in [6.07, 6.45) is 2.73. The maximum absolute atomic E-state index is 12.0. The summed E-state index contributed by atoms with van der Waals surface area (Å²) >= 11 is 6.41. The Morgan fingerprint density at radius 2 is 2.14 bits per heavy atom. The van der Waals surface area contributed by atoms with Crippen LogP contribution in [0.25, 0.3) is 6.08 Å². The Hall–Kier alpha value is -2.84. The number of carbonyl (C=O) groups excluding carboxylic acids is 2. The number of amides is 1. The summed E-state index contributed by atoms with van der Waals surface area (Å²) in [4.78, 5) is 23.4. The standard InChI is InChI=1S/C19H22ClN3O5/c1-12-15(7-8-17(25)21-16(11-24)19(26)28-3)18(20)23(22-12)10-13-5-4-6-14(9-13)27-2/h4-9,16,24H,10-11H2,1-3H3,(H,21,25)/b8-7+/t16-/m1/s1. The number of nitrogens with one attached hydrogen (secondary N) is 1. The first kappa shape index (κ1) is 21.5. The molecular formula is C19H22ClN3O5. The van der Waals surface area contributed by atoms with E-state index in [0.29, 0.717) is 23.0 Å². The van der Waals surface area contributed by atoms with Gasteiger partial charge >= 0.3 is 5.97 Å². The first-order valence-electron chi connectivity index (χ1n) is 8.42. The molecule has 0 saturated heterocycles. The molecule has 0 fully saturated rings. The van der Waals surface area contributed by atoms with Crippen molar-refractivity contribution in [1.82, 2.24) is 15.1 Å². The molecule has 8 nitrogen and oxygen atoms in total. The summed E-state index contributed by atoms with van der Waals surface area (Å²) in [5.74, 6) is -0.566. The van der Waals surface area contributed by atoms with Crippen LogP contribution < -0.4 is 10.1 Å². The average Bonchev–Trinajstić information content (AvgIpc) is 2.96. The van der Waals surface area contributed by atoms with Crippen LogP contribution in [0.4, 0.5) is 0 Å². The molecule has 1 heterocycles. The van der Waals surface area contributed by atoms with Crippen molar-refractivity contribution in [3.8, 4) is 5.75 Å². The number of hydrogen-bond donors (Lipinski definition) is 2. The van der Waals surface area contributed by atoms with Crippen LogP contribution in [-0.2, 0) is 20.9 Å². The van der Waals surface area contributed by atoms with Crippen molar-refractivity contribution < 1.29 is 24.2 Å². The first-order valence-corrected chi connectivity index (χ1v) is 8.80. The zero-order chi connectivity index (χ0) is 20.7. The molecule has 150 valence electrons. The molecule has 2 N–H and O–H groups in total. The fourth-order valence-electron chi connectivity index (χ4n) is 2.51. The third-order valence-electron chi connectivity index (χ3n) is 3.96. The number of aromatic nitrogens is 2. The highest BCUT2D eigenvalue weighted by atomic mass is 35.5. The second-order valence-electron chi connectivity index (χ2n) is 5.90. The number of ether oxygens (including phenoxy) is 2. The highest BCUT2D eigenvalue weighted by Gasteiger charge is 2.19. The van der Waals surface area contributed by atoms with E-state index in [1.807, 2.05) is 24.3 Å². The van der Waals surface area contributed by atoms with Gasteiger partial charge in [0.15, 0.2) is 6.04 Å². The van der Waals surface area contributed by atoms with Crippen molar-refractivity contribution in [2.24, 2.45) is 0 Å². The predicted molar refractivity (Wildman–Crippen MR) is 104 cm³/mol. The minimum atomic E-state index is -1.13. The van der Waals surface area contributed by atoms with Crippen LogP contribution >= 0.6 is 11.6 Å². The number of rotatable bonds is 8. The second-order valence-corrected chi connectivity index (χ2v) is 6.26. The number of benzene rings is 1. The number of halogens is 1. The highest BCUT2D eigenvalue weighted by Crippen LogP contribution is 2.23. The minimum Gasteiger partial charge on any atom is -0.497 e. The highest BCUT2D eigenvalue weighted by molar-refractivity contribution is 6.31. The number of hydrogen-bond acceptors (Lipinski definition) is 6. The van der Waals surface area contributed by atoms with Crippen LogP contribution in [0.5, 0.6) is 5.75 Å². The van der Waals surface area contributed by atoms with E-state index in [1.54, 1.807) is 18.7 Å². The van der Waals surface area contributed by atoms with Crippen LogP contribution in [0.3, 0.4) is 0 Å². The number of methoxy groups -OCH3 is 2. The topological polar surface area (TPSA) is 103 Å². The first-order chi connectivity index (χ1) is 13.4. The molecule has 0 aliphatic rings. The van der Waals surface area contributed by atoms with Gasteiger partial charge in [0.25, 0.3) is 0 Å². The maximum atomic E-state index is 12.0. The van der Waals surface area contributed by atoms with Crippen LogP contribution in [0, 0.1) is 6.92 Å². The number of aliphatic hydroxyl groups excluding tert-OH is 1. The molecule has 0 unspecified atom stereocenters. The quantitative estimate of drug-likeness (QED) is 0.508. The van der Waals surface area contributed by atoms with Crippen molar-refractivity contribution >= 4 is 29.6 Å². The monoisotopic (exact) mass is 407 g/mol. The number of aryl methyl sites for hydroxylation is 1. The van der Waals surface area contributed by atoms with Crippen molar-refractivity contribution in [2.45, 2.75) is 19.5 Å². The Kier molecular flexibility index (Phi) is 7.60. The van der Waals surface area contributed by atoms with Crippen molar-refractivity contribution in [3.05, 3.63) is 52.3 Å². The van der Waals surface area contributed by atoms with Gasteiger partial charge in [-0.05, 0) is 30.7 Å². The summed E-state index contributed by atoms with van der Waals surface area (Å²) < 4.78 is 11.3. The zero-order valence-corrected chi connectivity index (χ0v) is 16.6. The Morgan fingerprint density at radius 1 is 1.39 bits per heavy atom. The molecule has 2 aromatic rings. The summed E-state index contributed by atoms with van der Waals surface area (Å²) in [5, 5.41) is 16.3. The number of carbonyl (C=O) groups is 2. The van der Waals surface area contributed by atoms with Gasteiger partial charge in [-0.1, -0.05) is 23.7 Å².